The van der Waals surface area contributed by atoms with E-state index in [-0.39, 0.29) is 0 Å². The third kappa shape index (κ3) is 2.77. The van der Waals surface area contributed by atoms with Gasteiger partial charge in [0.05, 0.1) is 17.7 Å². The SMILES string of the molecule is C[C@H]1CN(Cc2cccc3cccnc23)C[C@H](C)O1. The molecule has 19 heavy (non-hydrogen) atoms. The van der Waals surface area contributed by atoms with Gasteiger partial charge >= 0.3 is 0 Å². The Hall–Kier alpha value is -1.45. The van der Waals surface area contributed by atoms with Crippen LogP contribution in [0.15, 0.2) is 36.5 Å². The molecule has 0 saturated carbocycles. The second-order valence-electron chi connectivity index (χ2n) is 5.44. The van der Waals surface area contributed by atoms with Gasteiger partial charge in [0.2, 0.25) is 0 Å². The first-order chi connectivity index (χ1) is 9.22. The van der Waals surface area contributed by atoms with Crippen molar-refractivity contribution in [1.29, 1.82) is 0 Å². The quantitative estimate of drug-likeness (QED) is 0.826. The summed E-state index contributed by atoms with van der Waals surface area (Å²) in [5, 5.41) is 1.22. The molecule has 1 fully saturated rings. The standard InChI is InChI=1S/C16H20N2O/c1-12-9-18(10-13(2)19-12)11-15-6-3-5-14-7-4-8-17-16(14)15/h3-8,12-13H,9-11H2,1-2H3/t12-,13-/m0/s1. The van der Waals surface area contributed by atoms with Crippen LogP contribution >= 0.6 is 0 Å². The van der Waals surface area contributed by atoms with Crippen molar-refractivity contribution >= 4 is 10.9 Å². The minimum Gasteiger partial charge on any atom is -0.373 e. The van der Waals surface area contributed by atoms with Gasteiger partial charge in [-0.1, -0.05) is 24.3 Å². The summed E-state index contributed by atoms with van der Waals surface area (Å²) in [6.07, 6.45) is 2.49. The van der Waals surface area contributed by atoms with Crippen LogP contribution in [0.1, 0.15) is 19.4 Å². The molecular weight excluding hydrogens is 236 g/mol. The van der Waals surface area contributed by atoms with Gasteiger partial charge in [0, 0.05) is 31.2 Å². The van der Waals surface area contributed by atoms with E-state index in [1.807, 2.05) is 12.3 Å². The highest BCUT2D eigenvalue weighted by atomic mass is 16.5. The van der Waals surface area contributed by atoms with Gasteiger partial charge in [-0.25, -0.2) is 0 Å². The Morgan fingerprint density at radius 2 is 1.89 bits per heavy atom. The highest BCUT2D eigenvalue weighted by Crippen LogP contribution is 2.20. The molecule has 0 amide bonds. The molecule has 1 aliphatic rings. The van der Waals surface area contributed by atoms with Gasteiger partial charge in [-0.2, -0.15) is 0 Å². The molecule has 0 unspecified atom stereocenters. The summed E-state index contributed by atoms with van der Waals surface area (Å²) in [7, 11) is 0. The van der Waals surface area contributed by atoms with E-state index in [0.717, 1.165) is 25.2 Å². The summed E-state index contributed by atoms with van der Waals surface area (Å²) in [5.74, 6) is 0. The van der Waals surface area contributed by atoms with Crippen LogP contribution in [0.25, 0.3) is 10.9 Å². The summed E-state index contributed by atoms with van der Waals surface area (Å²) in [4.78, 5) is 6.99. The maximum Gasteiger partial charge on any atom is 0.0746 e. The van der Waals surface area contributed by atoms with Gasteiger partial charge in [-0.15, -0.1) is 0 Å². The summed E-state index contributed by atoms with van der Waals surface area (Å²) in [6.45, 7) is 7.22. The first-order valence-electron chi connectivity index (χ1n) is 6.93. The molecule has 3 rings (SSSR count). The fourth-order valence-electron chi connectivity index (χ4n) is 2.95. The zero-order valence-corrected chi connectivity index (χ0v) is 11.5. The van der Waals surface area contributed by atoms with Crippen molar-refractivity contribution in [2.24, 2.45) is 0 Å². The van der Waals surface area contributed by atoms with Crippen LogP contribution in [0.3, 0.4) is 0 Å². The van der Waals surface area contributed by atoms with Crippen molar-refractivity contribution in [3.63, 3.8) is 0 Å². The van der Waals surface area contributed by atoms with Crippen LogP contribution in [0, 0.1) is 0 Å². The smallest absolute Gasteiger partial charge is 0.0746 e. The number of morpholine rings is 1. The Bertz CT molecular complexity index is 554. The average molecular weight is 256 g/mol. The number of ether oxygens (including phenoxy) is 1. The van der Waals surface area contributed by atoms with E-state index in [1.54, 1.807) is 0 Å². The first kappa shape index (κ1) is 12.6. The Morgan fingerprint density at radius 3 is 2.68 bits per heavy atom. The van der Waals surface area contributed by atoms with Crippen LogP contribution in [-0.4, -0.2) is 35.2 Å². The van der Waals surface area contributed by atoms with Gasteiger partial charge in [0.1, 0.15) is 0 Å². The fraction of sp³-hybridized carbons (Fsp3) is 0.438. The summed E-state index contributed by atoms with van der Waals surface area (Å²) in [5.41, 5.74) is 2.43. The number of para-hydroxylation sites is 1. The van der Waals surface area contributed by atoms with Gasteiger partial charge in [0.15, 0.2) is 0 Å². The minimum atomic E-state index is 0.312. The van der Waals surface area contributed by atoms with E-state index < -0.39 is 0 Å². The topological polar surface area (TPSA) is 25.4 Å². The highest BCUT2D eigenvalue weighted by Gasteiger charge is 2.22. The predicted molar refractivity (Wildman–Crippen MR) is 77.0 cm³/mol. The predicted octanol–water partition coefficient (Wildman–Crippen LogP) is 2.84. The molecule has 1 aliphatic heterocycles. The van der Waals surface area contributed by atoms with E-state index >= 15 is 0 Å². The summed E-state index contributed by atoms with van der Waals surface area (Å²) in [6, 6.07) is 10.5. The van der Waals surface area contributed by atoms with E-state index in [0.29, 0.717) is 12.2 Å². The lowest BCUT2D eigenvalue weighted by atomic mass is 10.1. The minimum absolute atomic E-state index is 0.312. The molecule has 2 aromatic rings. The maximum absolute atomic E-state index is 5.78. The lowest BCUT2D eigenvalue weighted by Crippen LogP contribution is -2.44. The second-order valence-corrected chi connectivity index (χ2v) is 5.44. The van der Waals surface area contributed by atoms with Crippen LogP contribution < -0.4 is 0 Å². The molecule has 1 aromatic heterocycles. The van der Waals surface area contributed by atoms with Gasteiger partial charge in [0.25, 0.3) is 0 Å². The molecule has 2 heterocycles. The number of pyridine rings is 1. The highest BCUT2D eigenvalue weighted by molar-refractivity contribution is 5.81. The number of hydrogen-bond acceptors (Lipinski definition) is 3. The number of fused-ring (bicyclic) bond motifs is 1. The molecule has 0 aliphatic carbocycles. The Kier molecular flexibility index (Phi) is 3.49. The summed E-state index contributed by atoms with van der Waals surface area (Å²) >= 11 is 0. The molecule has 3 nitrogen and oxygen atoms in total. The van der Waals surface area contributed by atoms with E-state index in [2.05, 4.69) is 48.0 Å². The normalized spacial score (nSPS) is 24.7. The number of nitrogens with zero attached hydrogens (tertiary/aromatic N) is 2. The lowest BCUT2D eigenvalue weighted by molar-refractivity contribution is -0.0704. The third-order valence-electron chi connectivity index (χ3n) is 3.61. The number of rotatable bonds is 2. The molecule has 2 atom stereocenters. The second kappa shape index (κ2) is 5.27. The van der Waals surface area contributed by atoms with Crippen molar-refractivity contribution < 1.29 is 4.74 Å². The van der Waals surface area contributed by atoms with Crippen molar-refractivity contribution in [1.82, 2.24) is 9.88 Å². The average Bonchev–Trinajstić information content (AvgIpc) is 2.38. The molecule has 0 spiro atoms. The Balaban J connectivity index is 1.85. The Morgan fingerprint density at radius 1 is 1.16 bits per heavy atom. The summed E-state index contributed by atoms with van der Waals surface area (Å²) < 4.78 is 5.78. The van der Waals surface area contributed by atoms with Gasteiger partial charge < -0.3 is 4.74 Å². The zero-order valence-electron chi connectivity index (χ0n) is 11.5. The monoisotopic (exact) mass is 256 g/mol. The number of hydrogen-bond donors (Lipinski definition) is 0. The Labute approximate surface area is 114 Å². The van der Waals surface area contributed by atoms with Gasteiger partial charge in [-0.3, -0.25) is 9.88 Å². The van der Waals surface area contributed by atoms with Crippen LogP contribution in [0.4, 0.5) is 0 Å². The molecule has 1 aromatic carbocycles. The van der Waals surface area contributed by atoms with Crippen molar-refractivity contribution in [2.45, 2.75) is 32.6 Å². The largest absolute Gasteiger partial charge is 0.373 e. The molecule has 100 valence electrons. The maximum atomic E-state index is 5.78. The molecular formula is C16H20N2O. The third-order valence-corrected chi connectivity index (χ3v) is 3.61. The molecule has 3 heteroatoms. The van der Waals surface area contributed by atoms with Crippen LogP contribution in [-0.2, 0) is 11.3 Å². The number of aromatic nitrogens is 1. The number of benzene rings is 1. The van der Waals surface area contributed by atoms with Crippen molar-refractivity contribution in [3.8, 4) is 0 Å². The fourth-order valence-corrected chi connectivity index (χ4v) is 2.95. The molecule has 0 N–H and O–H groups in total. The van der Waals surface area contributed by atoms with Crippen LogP contribution in [0.5, 0.6) is 0 Å². The van der Waals surface area contributed by atoms with E-state index in [4.69, 9.17) is 4.74 Å². The molecule has 1 saturated heterocycles. The lowest BCUT2D eigenvalue weighted by Gasteiger charge is -2.35. The van der Waals surface area contributed by atoms with Crippen LogP contribution in [0.2, 0.25) is 0 Å². The van der Waals surface area contributed by atoms with Gasteiger partial charge in [-0.05, 0) is 25.5 Å². The van der Waals surface area contributed by atoms with Crippen molar-refractivity contribution in [3.05, 3.63) is 42.1 Å². The zero-order chi connectivity index (χ0) is 13.2. The van der Waals surface area contributed by atoms with Crippen molar-refractivity contribution in [2.75, 3.05) is 13.1 Å². The molecule has 0 radical (unpaired) electrons. The molecule has 0 bridgehead atoms. The van der Waals surface area contributed by atoms with E-state index in [1.165, 1.54) is 10.9 Å². The first-order valence-corrected chi connectivity index (χ1v) is 6.93. The van der Waals surface area contributed by atoms with E-state index in [9.17, 15) is 0 Å².